The van der Waals surface area contributed by atoms with Gasteiger partial charge in [-0.1, -0.05) is 0 Å². The third-order valence-electron chi connectivity index (χ3n) is 5.53. The van der Waals surface area contributed by atoms with Gasteiger partial charge in [0.15, 0.2) is 0 Å². The van der Waals surface area contributed by atoms with E-state index < -0.39 is 10.1 Å². The van der Waals surface area contributed by atoms with Gasteiger partial charge in [0, 0.05) is 35.8 Å². The predicted molar refractivity (Wildman–Crippen MR) is 182 cm³/mol. The molecule has 0 aromatic heterocycles. The van der Waals surface area contributed by atoms with Crippen molar-refractivity contribution in [2.24, 2.45) is 0 Å². The molecule has 0 atom stereocenters. The molecule has 0 fully saturated rings. The first kappa shape index (κ1) is 43.2. The molecule has 0 spiro atoms. The van der Waals surface area contributed by atoms with Gasteiger partial charge in [-0.2, -0.15) is 8.42 Å². The van der Waals surface area contributed by atoms with E-state index in [-0.39, 0.29) is 25.6 Å². The maximum atomic E-state index is 10.7. The average molecular weight is 697 g/mol. The monoisotopic (exact) mass is 696 g/mol. The van der Waals surface area contributed by atoms with Gasteiger partial charge in [-0.15, -0.1) is 11.6 Å². The fourth-order valence-electron chi connectivity index (χ4n) is 3.05. The number of aromatic hydroxyl groups is 1. The average Bonchev–Trinajstić information content (AvgIpc) is 3.08. The van der Waals surface area contributed by atoms with Crippen LogP contribution in [0.1, 0.15) is 69.6 Å². The summed E-state index contributed by atoms with van der Waals surface area (Å²) in [5, 5.41) is 25.4. The first-order valence-electron chi connectivity index (χ1n) is 14.8. The number of aliphatic hydroxyl groups excluding tert-OH is 2. The van der Waals surface area contributed by atoms with Gasteiger partial charge in [0.25, 0.3) is 10.1 Å². The summed E-state index contributed by atoms with van der Waals surface area (Å²) < 4.78 is 36.7. The van der Waals surface area contributed by atoms with Crippen LogP contribution in [0.5, 0.6) is 17.2 Å². The van der Waals surface area contributed by atoms with Crippen LogP contribution in [0, 0.1) is 0 Å². The number of carbonyl (C=O) groups is 3. The zero-order valence-corrected chi connectivity index (χ0v) is 28.1. The maximum absolute atomic E-state index is 10.7. The Balaban J connectivity index is 0.000000646. The summed E-state index contributed by atoms with van der Waals surface area (Å²) in [4.78, 5) is 30.8. The lowest BCUT2D eigenvalue weighted by Gasteiger charge is -2.06. The molecule has 3 rings (SSSR count). The number of aliphatic hydroxyl groups is 2. The van der Waals surface area contributed by atoms with Gasteiger partial charge < -0.3 is 24.8 Å². The molecule has 0 bridgehead atoms. The molecule has 3 aromatic carbocycles. The lowest BCUT2D eigenvalue weighted by atomic mass is 10.2. The molecule has 47 heavy (non-hydrogen) atoms. The summed E-state index contributed by atoms with van der Waals surface area (Å²) in [6, 6.07) is 19.8. The number of alkyl halides is 1. The van der Waals surface area contributed by atoms with Crippen molar-refractivity contribution in [2.45, 2.75) is 38.5 Å². The minimum atomic E-state index is -3.35. The van der Waals surface area contributed by atoms with Crippen LogP contribution in [-0.4, -0.2) is 87.8 Å². The minimum absolute atomic E-state index is 0.173. The van der Waals surface area contributed by atoms with Gasteiger partial charge in [0.05, 0.1) is 26.1 Å². The van der Waals surface area contributed by atoms with Crippen LogP contribution in [0.25, 0.3) is 0 Å². The van der Waals surface area contributed by atoms with E-state index in [2.05, 4.69) is 4.18 Å². The maximum Gasteiger partial charge on any atom is 0.264 e. The van der Waals surface area contributed by atoms with Crippen molar-refractivity contribution in [3.05, 3.63) is 89.5 Å². The highest BCUT2D eigenvalue weighted by Gasteiger charge is 2.01. The number of unbranched alkanes of at least 4 members (excludes halogenated alkanes) is 3. The summed E-state index contributed by atoms with van der Waals surface area (Å²) in [7, 11) is -3.35. The highest BCUT2D eigenvalue weighted by Crippen LogP contribution is 2.12. The van der Waals surface area contributed by atoms with Crippen molar-refractivity contribution in [1.29, 1.82) is 0 Å². The van der Waals surface area contributed by atoms with E-state index in [1.54, 1.807) is 60.7 Å². The van der Waals surface area contributed by atoms with E-state index >= 15 is 0 Å². The minimum Gasteiger partial charge on any atom is -0.508 e. The Kier molecular flexibility index (Phi) is 26.1. The number of phenols is 1. The van der Waals surface area contributed by atoms with Crippen molar-refractivity contribution in [3.8, 4) is 17.2 Å². The Morgan fingerprint density at radius 1 is 0.596 bits per heavy atom. The smallest absolute Gasteiger partial charge is 0.264 e. The van der Waals surface area contributed by atoms with E-state index in [0.717, 1.165) is 56.5 Å². The molecule has 3 aromatic rings. The van der Waals surface area contributed by atoms with E-state index in [0.29, 0.717) is 54.4 Å². The standard InChI is InChI=1S/C12H16O5S.C11H14O3.C7H6O2.C4H9ClO/c1-18(14,15)17-9-3-2-8-16-12-6-4-11(10-13)5-7-12;12-7-1-2-8-14-11-5-3-10(9-13)4-6-11;8-5-6-1-3-7(9)4-2-6;5-3-1-2-4-6/h4-7,10H,2-3,8-9H2,1H3;3-6,9,12H,1-2,7-8H2;1-5,9H;6H,1-4H2. The van der Waals surface area contributed by atoms with E-state index in [9.17, 15) is 22.8 Å². The van der Waals surface area contributed by atoms with Gasteiger partial charge in [0.2, 0.25) is 0 Å². The first-order chi connectivity index (χ1) is 22.6. The normalized spacial score (nSPS) is 10.0. The van der Waals surface area contributed by atoms with E-state index in [4.69, 9.17) is 36.4 Å². The van der Waals surface area contributed by atoms with Crippen molar-refractivity contribution in [2.75, 3.05) is 45.2 Å². The van der Waals surface area contributed by atoms with E-state index in [1.807, 2.05) is 0 Å². The van der Waals surface area contributed by atoms with Gasteiger partial charge in [-0.3, -0.25) is 18.6 Å². The Hall–Kier alpha value is -3.81. The second-order valence-electron chi connectivity index (χ2n) is 9.56. The Morgan fingerprint density at radius 2 is 0.957 bits per heavy atom. The molecular formula is C34H45ClO11S. The number of hydrogen-bond donors (Lipinski definition) is 3. The third kappa shape index (κ3) is 26.0. The molecule has 260 valence electrons. The fraction of sp³-hybridized carbons (Fsp3) is 0.382. The second-order valence-corrected chi connectivity index (χ2v) is 11.6. The number of phenolic OH excluding ortho intramolecular Hbond substituents is 1. The topological polar surface area (TPSA) is 174 Å². The molecule has 0 heterocycles. The SMILES string of the molecule is CS(=O)(=O)OCCCCOc1ccc(C=O)cc1.O=Cc1ccc(O)cc1.O=Cc1ccc(OCCCCO)cc1.OCCCCCl. The van der Waals surface area contributed by atoms with Crippen LogP contribution < -0.4 is 9.47 Å². The Morgan fingerprint density at radius 3 is 1.30 bits per heavy atom. The van der Waals surface area contributed by atoms with Gasteiger partial charge in [-0.05, 0) is 111 Å². The van der Waals surface area contributed by atoms with Gasteiger partial charge in [-0.25, -0.2) is 0 Å². The molecule has 0 radical (unpaired) electrons. The molecule has 0 saturated carbocycles. The molecule has 0 aliphatic carbocycles. The molecule has 0 unspecified atom stereocenters. The van der Waals surface area contributed by atoms with Crippen molar-refractivity contribution in [3.63, 3.8) is 0 Å². The van der Waals surface area contributed by atoms with Gasteiger partial charge in [0.1, 0.15) is 36.1 Å². The summed E-state index contributed by atoms with van der Waals surface area (Å²) in [6.07, 6.45) is 8.00. The number of carbonyl (C=O) groups excluding carboxylic acids is 3. The molecular weight excluding hydrogens is 652 g/mol. The Bertz CT molecular complexity index is 1310. The van der Waals surface area contributed by atoms with Crippen LogP contribution in [0.4, 0.5) is 0 Å². The number of aldehydes is 3. The lowest BCUT2D eigenvalue weighted by Crippen LogP contribution is -2.05. The van der Waals surface area contributed by atoms with Crippen LogP contribution in [0.3, 0.4) is 0 Å². The molecule has 11 nitrogen and oxygen atoms in total. The van der Waals surface area contributed by atoms with Crippen LogP contribution >= 0.6 is 11.6 Å². The van der Waals surface area contributed by atoms with Crippen LogP contribution in [-0.2, 0) is 14.3 Å². The summed E-state index contributed by atoms with van der Waals surface area (Å²) in [5.41, 5.74) is 1.82. The number of rotatable bonds is 18. The predicted octanol–water partition coefficient (Wildman–Crippen LogP) is 5.49. The fourth-order valence-corrected chi connectivity index (χ4v) is 3.66. The summed E-state index contributed by atoms with van der Waals surface area (Å²) in [5.74, 6) is 2.29. The Labute approximate surface area is 282 Å². The molecule has 0 saturated heterocycles. The van der Waals surface area contributed by atoms with Crippen molar-refractivity contribution >= 4 is 40.6 Å². The van der Waals surface area contributed by atoms with Gasteiger partial charge >= 0.3 is 0 Å². The lowest BCUT2D eigenvalue weighted by molar-refractivity contribution is 0.111. The zero-order chi connectivity index (χ0) is 35.2. The quantitative estimate of drug-likeness (QED) is 0.0664. The summed E-state index contributed by atoms with van der Waals surface area (Å²) in [6.45, 7) is 1.72. The van der Waals surface area contributed by atoms with Crippen LogP contribution in [0.15, 0.2) is 72.8 Å². The largest absolute Gasteiger partial charge is 0.508 e. The molecule has 13 heteroatoms. The highest BCUT2D eigenvalue weighted by atomic mass is 35.5. The highest BCUT2D eigenvalue weighted by molar-refractivity contribution is 7.85. The zero-order valence-electron chi connectivity index (χ0n) is 26.5. The molecule has 0 aliphatic heterocycles. The number of hydrogen-bond acceptors (Lipinski definition) is 11. The number of benzene rings is 3. The number of ether oxygens (including phenoxy) is 2. The molecule has 0 aliphatic rings. The molecule has 0 amide bonds. The summed E-state index contributed by atoms with van der Waals surface area (Å²) >= 11 is 5.27. The third-order valence-corrected chi connectivity index (χ3v) is 6.39. The number of halogens is 1. The van der Waals surface area contributed by atoms with E-state index in [1.165, 1.54) is 12.1 Å². The second kappa shape index (κ2) is 28.4. The molecule has 3 N–H and O–H groups in total. The van der Waals surface area contributed by atoms with Crippen molar-refractivity contribution < 1.29 is 51.8 Å². The van der Waals surface area contributed by atoms with Crippen molar-refractivity contribution in [1.82, 2.24) is 0 Å². The first-order valence-corrected chi connectivity index (χ1v) is 17.2. The van der Waals surface area contributed by atoms with Crippen LogP contribution in [0.2, 0.25) is 0 Å².